The van der Waals surface area contributed by atoms with Crippen LogP contribution in [0.25, 0.3) is 0 Å². The van der Waals surface area contributed by atoms with Crippen molar-refractivity contribution >= 4 is 23.2 Å². The van der Waals surface area contributed by atoms with Gasteiger partial charge in [-0.3, -0.25) is 9.59 Å². The van der Waals surface area contributed by atoms with Crippen molar-refractivity contribution < 1.29 is 14.3 Å². The summed E-state index contributed by atoms with van der Waals surface area (Å²) >= 11 is 0. The first-order valence-corrected chi connectivity index (χ1v) is 8.42. The molecule has 2 amide bonds. The predicted octanol–water partition coefficient (Wildman–Crippen LogP) is 3.33. The van der Waals surface area contributed by atoms with Crippen molar-refractivity contribution in [3.8, 4) is 0 Å². The second-order valence-corrected chi connectivity index (χ2v) is 6.25. The van der Waals surface area contributed by atoms with E-state index in [1.165, 1.54) is 18.2 Å². The average molecular weight is 338 g/mol. The van der Waals surface area contributed by atoms with Gasteiger partial charge in [-0.1, -0.05) is 30.3 Å². The molecule has 0 spiro atoms. The molecule has 0 aliphatic heterocycles. The molecular weight excluding hydrogens is 316 g/mol. The lowest BCUT2D eigenvalue weighted by atomic mass is 9.97. The zero-order valence-electron chi connectivity index (χ0n) is 14.2. The largest absolute Gasteiger partial charge is 0.375 e. The molecule has 1 aliphatic carbocycles. The molecule has 0 aromatic heterocycles. The summed E-state index contributed by atoms with van der Waals surface area (Å²) < 4.78 is 4.79. The van der Waals surface area contributed by atoms with E-state index in [-0.39, 0.29) is 24.3 Å². The maximum absolute atomic E-state index is 12.4. The normalized spacial score (nSPS) is 15.5. The Bertz CT molecular complexity index is 773. The molecule has 0 unspecified atom stereocenters. The lowest BCUT2D eigenvalue weighted by molar-refractivity contribution is -0.119. The summed E-state index contributed by atoms with van der Waals surface area (Å²) in [6.45, 7) is -0.00231. The van der Waals surface area contributed by atoms with Gasteiger partial charge < -0.3 is 15.4 Å². The second-order valence-electron chi connectivity index (χ2n) is 6.25. The van der Waals surface area contributed by atoms with Gasteiger partial charge in [0.2, 0.25) is 11.8 Å². The van der Waals surface area contributed by atoms with Crippen molar-refractivity contribution in [2.24, 2.45) is 0 Å². The van der Waals surface area contributed by atoms with Crippen LogP contribution < -0.4 is 10.6 Å². The van der Waals surface area contributed by atoms with Crippen molar-refractivity contribution in [2.75, 3.05) is 24.4 Å². The van der Waals surface area contributed by atoms with E-state index >= 15 is 0 Å². The van der Waals surface area contributed by atoms with Gasteiger partial charge in [0.1, 0.15) is 6.61 Å². The van der Waals surface area contributed by atoms with Crippen LogP contribution in [0.4, 0.5) is 11.4 Å². The van der Waals surface area contributed by atoms with Gasteiger partial charge in [-0.05, 0) is 48.1 Å². The highest BCUT2D eigenvalue weighted by molar-refractivity contribution is 5.94. The van der Waals surface area contributed by atoms with Crippen LogP contribution in [-0.4, -0.2) is 25.5 Å². The van der Waals surface area contributed by atoms with E-state index in [2.05, 4.69) is 22.8 Å². The van der Waals surface area contributed by atoms with Crippen molar-refractivity contribution in [1.82, 2.24) is 0 Å². The number of aryl methyl sites for hydroxylation is 1. The van der Waals surface area contributed by atoms with Crippen molar-refractivity contribution in [1.29, 1.82) is 0 Å². The van der Waals surface area contributed by atoms with Crippen LogP contribution in [0.5, 0.6) is 0 Å². The van der Waals surface area contributed by atoms with Crippen LogP contribution in [0.3, 0.4) is 0 Å². The number of fused-ring (bicyclic) bond motifs is 1. The number of rotatable bonds is 6. The Morgan fingerprint density at radius 2 is 1.76 bits per heavy atom. The molecule has 1 atom stereocenters. The molecule has 5 heteroatoms. The summed E-state index contributed by atoms with van der Waals surface area (Å²) in [5.74, 6) is 0.0383. The molecular formula is C20H22N2O3. The third-order valence-electron chi connectivity index (χ3n) is 4.39. The van der Waals surface area contributed by atoms with Gasteiger partial charge >= 0.3 is 0 Å². The Hall–Kier alpha value is -2.66. The smallest absolute Gasteiger partial charge is 0.250 e. The third kappa shape index (κ3) is 4.45. The van der Waals surface area contributed by atoms with Gasteiger partial charge in [0.25, 0.3) is 0 Å². The van der Waals surface area contributed by atoms with E-state index in [9.17, 15) is 9.59 Å². The Balaban J connectivity index is 1.59. The highest BCUT2D eigenvalue weighted by Crippen LogP contribution is 2.35. The molecule has 0 fully saturated rings. The molecule has 0 saturated heterocycles. The van der Waals surface area contributed by atoms with Gasteiger partial charge in [-0.15, -0.1) is 0 Å². The Kier molecular flexibility index (Phi) is 5.46. The lowest BCUT2D eigenvalue weighted by Crippen LogP contribution is -2.18. The standard InChI is InChI=1S/C20H22N2O3/c1-25-13-20(24)22-17-7-4-6-16(12-17)21-19(23)11-15-10-9-14-5-2-3-8-18(14)15/h2-8,12,15H,9-11,13H2,1H3,(H,21,23)(H,22,24)/t15-/m1/s1. The number of amides is 2. The van der Waals surface area contributed by atoms with Crippen LogP contribution in [-0.2, 0) is 20.7 Å². The number of ether oxygens (including phenoxy) is 1. The number of hydrogen-bond donors (Lipinski definition) is 2. The summed E-state index contributed by atoms with van der Waals surface area (Å²) in [5.41, 5.74) is 3.94. The first-order chi connectivity index (χ1) is 12.2. The Labute approximate surface area is 147 Å². The van der Waals surface area contributed by atoms with E-state index in [1.807, 2.05) is 18.2 Å². The van der Waals surface area contributed by atoms with E-state index in [0.717, 1.165) is 12.8 Å². The average Bonchev–Trinajstić information content (AvgIpc) is 2.98. The Morgan fingerprint density at radius 3 is 2.52 bits per heavy atom. The van der Waals surface area contributed by atoms with Crippen LogP contribution in [0.1, 0.15) is 29.9 Å². The maximum atomic E-state index is 12.4. The van der Waals surface area contributed by atoms with E-state index in [4.69, 9.17) is 4.74 Å². The highest BCUT2D eigenvalue weighted by atomic mass is 16.5. The van der Waals surface area contributed by atoms with Crippen LogP contribution in [0, 0.1) is 0 Å². The first-order valence-electron chi connectivity index (χ1n) is 8.42. The number of methoxy groups -OCH3 is 1. The maximum Gasteiger partial charge on any atom is 0.250 e. The molecule has 2 aromatic rings. The summed E-state index contributed by atoms with van der Waals surface area (Å²) in [6, 6.07) is 15.5. The monoisotopic (exact) mass is 338 g/mol. The summed E-state index contributed by atoms with van der Waals surface area (Å²) in [6.07, 6.45) is 2.52. The SMILES string of the molecule is COCC(=O)Nc1cccc(NC(=O)C[C@H]2CCc3ccccc32)c1. The number of nitrogens with one attached hydrogen (secondary N) is 2. The first kappa shape index (κ1) is 17.2. The molecule has 2 N–H and O–H groups in total. The van der Waals surface area contributed by atoms with Gasteiger partial charge in [0.05, 0.1) is 0 Å². The number of benzene rings is 2. The van der Waals surface area contributed by atoms with Crippen LogP contribution in [0.2, 0.25) is 0 Å². The van der Waals surface area contributed by atoms with Crippen molar-refractivity contribution in [3.63, 3.8) is 0 Å². The molecule has 1 aliphatic rings. The lowest BCUT2D eigenvalue weighted by Gasteiger charge is -2.12. The summed E-state index contributed by atoms with van der Waals surface area (Å²) in [7, 11) is 1.47. The molecule has 0 saturated carbocycles. The molecule has 5 nitrogen and oxygen atoms in total. The number of carbonyl (C=O) groups is 2. The molecule has 0 bridgehead atoms. The molecule has 3 rings (SSSR count). The van der Waals surface area contributed by atoms with E-state index < -0.39 is 0 Å². The number of hydrogen-bond acceptors (Lipinski definition) is 3. The van der Waals surface area contributed by atoms with Crippen molar-refractivity contribution in [3.05, 3.63) is 59.7 Å². The fourth-order valence-corrected chi connectivity index (χ4v) is 3.30. The predicted molar refractivity (Wildman–Crippen MR) is 97.7 cm³/mol. The number of anilines is 2. The number of carbonyl (C=O) groups excluding carboxylic acids is 2. The van der Waals surface area contributed by atoms with Gasteiger partial charge in [0.15, 0.2) is 0 Å². The Morgan fingerprint density at radius 1 is 1.04 bits per heavy atom. The fourth-order valence-electron chi connectivity index (χ4n) is 3.30. The zero-order valence-corrected chi connectivity index (χ0v) is 14.2. The van der Waals surface area contributed by atoms with Gasteiger partial charge in [0, 0.05) is 24.9 Å². The molecule has 2 aromatic carbocycles. The molecule has 25 heavy (non-hydrogen) atoms. The van der Waals surface area contributed by atoms with Gasteiger partial charge in [-0.2, -0.15) is 0 Å². The summed E-state index contributed by atoms with van der Waals surface area (Å²) in [4.78, 5) is 24.0. The van der Waals surface area contributed by atoms with Crippen LogP contribution in [0.15, 0.2) is 48.5 Å². The van der Waals surface area contributed by atoms with E-state index in [0.29, 0.717) is 17.8 Å². The fraction of sp³-hybridized carbons (Fsp3) is 0.300. The minimum absolute atomic E-state index is 0.00231. The van der Waals surface area contributed by atoms with E-state index in [1.54, 1.807) is 18.2 Å². The molecule has 130 valence electrons. The highest BCUT2D eigenvalue weighted by Gasteiger charge is 2.24. The van der Waals surface area contributed by atoms with Crippen molar-refractivity contribution in [2.45, 2.75) is 25.2 Å². The topological polar surface area (TPSA) is 67.4 Å². The molecule has 0 heterocycles. The summed E-state index contributed by atoms with van der Waals surface area (Å²) in [5, 5.41) is 5.65. The zero-order chi connectivity index (χ0) is 17.6. The van der Waals surface area contributed by atoms with Gasteiger partial charge in [-0.25, -0.2) is 0 Å². The quantitative estimate of drug-likeness (QED) is 0.849. The minimum Gasteiger partial charge on any atom is -0.375 e. The second kappa shape index (κ2) is 7.94. The third-order valence-corrected chi connectivity index (χ3v) is 4.39. The van der Waals surface area contributed by atoms with Crippen LogP contribution >= 0.6 is 0 Å². The molecule has 0 radical (unpaired) electrons. The minimum atomic E-state index is -0.228.